The molecule has 1 saturated heterocycles. The second-order valence-electron chi connectivity index (χ2n) is 7.69. The van der Waals surface area contributed by atoms with Gasteiger partial charge in [0.25, 0.3) is 5.91 Å². The lowest BCUT2D eigenvalue weighted by Gasteiger charge is -2.31. The summed E-state index contributed by atoms with van der Waals surface area (Å²) >= 11 is 2.97. The summed E-state index contributed by atoms with van der Waals surface area (Å²) in [6.45, 7) is 1.89. The van der Waals surface area contributed by atoms with Crippen molar-refractivity contribution in [2.75, 3.05) is 44.9 Å². The average molecular weight is 455 g/mol. The smallest absolute Gasteiger partial charge is 0.268 e. The Morgan fingerprint density at radius 3 is 2.68 bits per heavy atom. The molecule has 0 radical (unpaired) electrons. The Balaban J connectivity index is 1.55. The summed E-state index contributed by atoms with van der Waals surface area (Å²) < 4.78 is 5.91. The molecule has 2 aliphatic heterocycles. The van der Waals surface area contributed by atoms with Crippen molar-refractivity contribution in [1.29, 1.82) is 5.41 Å². The Morgan fingerprint density at radius 1 is 1.16 bits per heavy atom. The number of amidine groups is 1. The molecule has 0 atom stereocenters. The van der Waals surface area contributed by atoms with Crippen molar-refractivity contribution in [1.82, 2.24) is 9.80 Å². The molecule has 1 amide bonds. The van der Waals surface area contributed by atoms with E-state index >= 15 is 0 Å². The number of likely N-dealkylation sites (N-methyl/N-ethyl adjacent to an activating group) is 1. The van der Waals surface area contributed by atoms with Gasteiger partial charge in [-0.05, 0) is 43.6 Å². The number of hydrogen-bond acceptors (Lipinski definition) is 7. The largest absolute Gasteiger partial charge is 0.492 e. The van der Waals surface area contributed by atoms with Gasteiger partial charge in [0, 0.05) is 36.0 Å². The van der Waals surface area contributed by atoms with Crippen molar-refractivity contribution in [2.45, 2.75) is 11.4 Å². The second kappa shape index (κ2) is 9.38. The number of ether oxygens (including phenoxy) is 1. The number of fused-ring (bicyclic) bond motifs is 1. The van der Waals surface area contributed by atoms with Crippen LogP contribution in [0.2, 0.25) is 0 Å². The predicted molar refractivity (Wildman–Crippen MR) is 129 cm³/mol. The third kappa shape index (κ3) is 4.76. The minimum Gasteiger partial charge on any atom is -0.492 e. The molecular weight excluding hydrogens is 428 g/mol. The molecule has 2 aliphatic rings. The fourth-order valence-corrected chi connectivity index (χ4v) is 5.63. The Bertz CT molecular complexity index is 1020. The molecule has 1 N–H and O–H groups in total. The van der Waals surface area contributed by atoms with Gasteiger partial charge in [-0.25, -0.2) is 0 Å². The van der Waals surface area contributed by atoms with Crippen molar-refractivity contribution in [3.8, 4) is 5.75 Å². The van der Waals surface area contributed by atoms with Crippen molar-refractivity contribution in [2.24, 2.45) is 0 Å². The normalized spacial score (nSPS) is 18.7. The fraction of sp³-hybridized carbons (Fsp3) is 0.304. The number of hydrogen-bond donors (Lipinski definition) is 1. The van der Waals surface area contributed by atoms with Crippen LogP contribution in [0.1, 0.15) is 5.56 Å². The monoisotopic (exact) mass is 454 g/mol. The maximum absolute atomic E-state index is 13.2. The van der Waals surface area contributed by atoms with Crippen LogP contribution in [0.25, 0.3) is 0 Å². The highest BCUT2D eigenvalue weighted by molar-refractivity contribution is 8.18. The van der Waals surface area contributed by atoms with E-state index in [0.717, 1.165) is 29.2 Å². The van der Waals surface area contributed by atoms with Gasteiger partial charge in [0.15, 0.2) is 5.17 Å². The lowest BCUT2D eigenvalue weighted by atomic mass is 10.2. The van der Waals surface area contributed by atoms with Crippen LogP contribution in [-0.2, 0) is 11.3 Å². The number of anilines is 1. The SMILES string of the molecule is CN(C)CCOc1ccc2c(c1)N(C)C(=C1SC(=N)N(Cc3ccccc3)C1=O)CS2. The fourth-order valence-electron chi connectivity index (χ4n) is 3.43. The number of thioether (sulfide) groups is 2. The van der Waals surface area contributed by atoms with Crippen LogP contribution in [0.4, 0.5) is 5.69 Å². The Labute approximate surface area is 191 Å². The highest BCUT2D eigenvalue weighted by Crippen LogP contribution is 2.44. The van der Waals surface area contributed by atoms with E-state index in [1.807, 2.05) is 63.6 Å². The number of amides is 1. The van der Waals surface area contributed by atoms with E-state index in [4.69, 9.17) is 10.1 Å². The summed E-state index contributed by atoms with van der Waals surface area (Å²) in [5.41, 5.74) is 2.99. The van der Waals surface area contributed by atoms with Gasteiger partial charge >= 0.3 is 0 Å². The van der Waals surface area contributed by atoms with Crippen molar-refractivity contribution in [3.05, 3.63) is 64.7 Å². The molecule has 2 heterocycles. The molecular formula is C23H26N4O2S2. The molecule has 4 rings (SSSR count). The Hall–Kier alpha value is -2.42. The van der Waals surface area contributed by atoms with E-state index in [2.05, 4.69) is 15.9 Å². The maximum atomic E-state index is 13.2. The van der Waals surface area contributed by atoms with Crippen LogP contribution < -0.4 is 9.64 Å². The van der Waals surface area contributed by atoms with Gasteiger partial charge in [-0.1, -0.05) is 30.3 Å². The number of nitrogens with zero attached hydrogens (tertiary/aromatic N) is 3. The van der Waals surface area contributed by atoms with Crippen molar-refractivity contribution < 1.29 is 9.53 Å². The van der Waals surface area contributed by atoms with Gasteiger partial charge in [0.1, 0.15) is 17.3 Å². The zero-order valence-electron chi connectivity index (χ0n) is 17.9. The standard InChI is InChI=1S/C23H26N4O2S2/c1-25(2)11-12-29-17-9-10-20-18(13-17)26(3)19(15-30-20)21-22(28)27(23(24)31-21)14-16-7-5-4-6-8-16/h4-10,13,24H,11-12,14-15H2,1-3H3. The molecule has 6 nitrogen and oxygen atoms in total. The number of carbonyl (C=O) groups excluding carboxylic acids is 1. The van der Waals surface area contributed by atoms with Gasteiger partial charge in [0.2, 0.25) is 0 Å². The number of benzene rings is 2. The quantitative estimate of drug-likeness (QED) is 0.664. The van der Waals surface area contributed by atoms with Crippen LogP contribution in [0.15, 0.2) is 64.0 Å². The molecule has 0 spiro atoms. The molecule has 31 heavy (non-hydrogen) atoms. The van der Waals surface area contributed by atoms with Gasteiger partial charge in [-0.2, -0.15) is 0 Å². The van der Waals surface area contributed by atoms with Gasteiger partial charge in [-0.3, -0.25) is 15.1 Å². The minimum atomic E-state index is -0.0943. The zero-order valence-corrected chi connectivity index (χ0v) is 19.6. The maximum Gasteiger partial charge on any atom is 0.268 e. The molecule has 1 fully saturated rings. The summed E-state index contributed by atoms with van der Waals surface area (Å²) in [5.74, 6) is 1.43. The molecule has 0 aromatic heterocycles. The highest BCUT2D eigenvalue weighted by Gasteiger charge is 2.37. The molecule has 162 valence electrons. The summed E-state index contributed by atoms with van der Waals surface area (Å²) in [4.78, 5) is 20.7. The summed E-state index contributed by atoms with van der Waals surface area (Å²) in [6, 6.07) is 15.9. The van der Waals surface area contributed by atoms with Crippen LogP contribution in [0.3, 0.4) is 0 Å². The molecule has 2 aromatic carbocycles. The lowest BCUT2D eigenvalue weighted by Crippen LogP contribution is -2.30. The lowest BCUT2D eigenvalue weighted by molar-refractivity contribution is -0.122. The van der Waals surface area contributed by atoms with Crippen LogP contribution in [0.5, 0.6) is 5.75 Å². The van der Waals surface area contributed by atoms with Crippen LogP contribution in [-0.4, -0.2) is 60.9 Å². The summed E-state index contributed by atoms with van der Waals surface area (Å²) in [7, 11) is 6.03. The topological polar surface area (TPSA) is 59.9 Å². The van der Waals surface area contributed by atoms with Crippen molar-refractivity contribution in [3.63, 3.8) is 0 Å². The molecule has 0 aliphatic carbocycles. The molecule has 8 heteroatoms. The molecule has 0 saturated carbocycles. The summed E-state index contributed by atoms with van der Waals surface area (Å²) in [5, 5.41) is 8.65. The van der Waals surface area contributed by atoms with Gasteiger partial charge in [0.05, 0.1) is 12.2 Å². The van der Waals surface area contributed by atoms with Crippen LogP contribution in [0, 0.1) is 5.41 Å². The second-order valence-corrected chi connectivity index (χ2v) is 9.71. The average Bonchev–Trinajstić information content (AvgIpc) is 3.03. The van der Waals surface area contributed by atoms with E-state index in [1.54, 1.807) is 16.7 Å². The van der Waals surface area contributed by atoms with E-state index in [9.17, 15) is 4.79 Å². The summed E-state index contributed by atoms with van der Waals surface area (Å²) in [6.07, 6.45) is 0. The Morgan fingerprint density at radius 2 is 1.94 bits per heavy atom. The first-order valence-electron chi connectivity index (χ1n) is 10.1. The highest BCUT2D eigenvalue weighted by atomic mass is 32.2. The Kier molecular flexibility index (Phi) is 6.60. The molecule has 2 aromatic rings. The minimum absolute atomic E-state index is 0.0943. The number of rotatable bonds is 6. The zero-order chi connectivity index (χ0) is 22.0. The van der Waals surface area contributed by atoms with E-state index in [1.165, 1.54) is 16.7 Å². The first-order valence-corrected chi connectivity index (χ1v) is 11.9. The third-order valence-corrected chi connectivity index (χ3v) is 7.30. The van der Waals surface area contributed by atoms with Gasteiger partial charge in [-0.15, -0.1) is 11.8 Å². The van der Waals surface area contributed by atoms with Crippen molar-refractivity contribution >= 4 is 40.3 Å². The molecule has 0 unspecified atom stereocenters. The first kappa shape index (κ1) is 21.8. The molecule has 0 bridgehead atoms. The van der Waals surface area contributed by atoms with E-state index < -0.39 is 0 Å². The number of nitrogens with one attached hydrogen (secondary N) is 1. The van der Waals surface area contributed by atoms with Gasteiger partial charge < -0.3 is 14.5 Å². The predicted octanol–water partition coefficient (Wildman–Crippen LogP) is 4.09. The van der Waals surface area contributed by atoms with E-state index in [0.29, 0.717) is 23.8 Å². The van der Waals surface area contributed by atoms with Crippen LogP contribution >= 0.6 is 23.5 Å². The number of carbonyl (C=O) groups is 1. The third-order valence-electron chi connectivity index (χ3n) is 5.20. The first-order chi connectivity index (χ1) is 14.9. The van der Waals surface area contributed by atoms with E-state index in [-0.39, 0.29) is 11.1 Å².